The van der Waals surface area contributed by atoms with Gasteiger partial charge >= 0.3 is 6.47 Å². The Kier molecular flexibility index (Phi) is 2.11. The van der Waals surface area contributed by atoms with Crippen molar-refractivity contribution in [3.8, 4) is 0 Å². The second kappa shape index (κ2) is 2.96. The minimum atomic E-state index is 0.0534. The number of hydrogen-bond donors (Lipinski definition) is 0. The molecule has 0 heterocycles. The Hall–Kier alpha value is -0.570. The van der Waals surface area contributed by atoms with Crippen molar-refractivity contribution in [3.63, 3.8) is 0 Å². The molecule has 0 aromatic rings. The van der Waals surface area contributed by atoms with Crippen molar-refractivity contribution >= 4 is 6.47 Å². The Bertz CT molecular complexity index is 249. The summed E-state index contributed by atoms with van der Waals surface area (Å²) in [5.41, 5.74) is 0.443. The van der Waals surface area contributed by atoms with Crippen molar-refractivity contribution in [2.75, 3.05) is 0 Å². The third-order valence-corrected chi connectivity index (χ3v) is 4.91. The molecule has 0 aliphatic heterocycles. The number of rotatable bonds is 3. The van der Waals surface area contributed by atoms with Crippen LogP contribution in [0.4, 0.5) is 0 Å². The van der Waals surface area contributed by atoms with Crippen molar-refractivity contribution in [1.82, 2.24) is 0 Å². The fourth-order valence-electron chi connectivity index (χ4n) is 3.35. The van der Waals surface area contributed by atoms with Crippen LogP contribution in [-0.2, 0) is 14.6 Å². The molecule has 0 N–H and O–H groups in total. The van der Waals surface area contributed by atoms with Gasteiger partial charge in [-0.05, 0) is 30.6 Å². The molecule has 2 bridgehead atoms. The quantitative estimate of drug-likeness (QED) is 0.514. The van der Waals surface area contributed by atoms with E-state index in [4.69, 9.17) is 4.89 Å². The van der Waals surface area contributed by atoms with Gasteiger partial charge in [-0.1, -0.05) is 20.8 Å². The first-order chi connectivity index (χ1) is 6.52. The van der Waals surface area contributed by atoms with Crippen LogP contribution in [0.5, 0.6) is 0 Å². The van der Waals surface area contributed by atoms with E-state index < -0.39 is 0 Å². The molecule has 3 nitrogen and oxygen atoms in total. The summed E-state index contributed by atoms with van der Waals surface area (Å²) in [6, 6.07) is 0. The van der Waals surface area contributed by atoms with Gasteiger partial charge in [-0.3, -0.25) is 4.89 Å². The Morgan fingerprint density at radius 2 is 2.07 bits per heavy atom. The molecule has 0 aromatic heterocycles. The SMILES string of the molecule is CC1(C)C2CCC1(C)C(OO[C]=O)C2. The minimum Gasteiger partial charge on any atom is -0.285 e. The maximum atomic E-state index is 9.96. The fourth-order valence-corrected chi connectivity index (χ4v) is 3.35. The van der Waals surface area contributed by atoms with Gasteiger partial charge in [0, 0.05) is 5.41 Å². The van der Waals surface area contributed by atoms with Gasteiger partial charge in [0.15, 0.2) is 0 Å². The van der Waals surface area contributed by atoms with Crippen molar-refractivity contribution in [2.45, 2.75) is 46.1 Å². The largest absolute Gasteiger partial charge is 0.453 e. The molecule has 79 valence electrons. The van der Waals surface area contributed by atoms with E-state index in [1.54, 1.807) is 0 Å². The molecule has 2 aliphatic rings. The number of hydrogen-bond acceptors (Lipinski definition) is 3. The van der Waals surface area contributed by atoms with E-state index >= 15 is 0 Å². The van der Waals surface area contributed by atoms with E-state index in [0.29, 0.717) is 11.3 Å². The summed E-state index contributed by atoms with van der Waals surface area (Å²) in [6.45, 7) is 8.14. The molecule has 0 aromatic carbocycles. The van der Waals surface area contributed by atoms with Crippen LogP contribution in [0.2, 0.25) is 0 Å². The second-order valence-corrected chi connectivity index (χ2v) is 5.36. The van der Waals surface area contributed by atoms with Crippen LogP contribution in [0.3, 0.4) is 0 Å². The van der Waals surface area contributed by atoms with Crippen LogP contribution in [0.15, 0.2) is 0 Å². The summed E-state index contributed by atoms with van der Waals surface area (Å²) in [6.07, 6.45) is 3.49. The van der Waals surface area contributed by atoms with E-state index in [1.807, 2.05) is 0 Å². The first kappa shape index (κ1) is 9.97. The van der Waals surface area contributed by atoms with Crippen LogP contribution in [-0.4, -0.2) is 12.6 Å². The summed E-state index contributed by atoms with van der Waals surface area (Å²) in [5, 5.41) is 0. The Labute approximate surface area is 84.7 Å². The van der Waals surface area contributed by atoms with Crippen LogP contribution >= 0.6 is 0 Å². The Morgan fingerprint density at radius 3 is 2.50 bits per heavy atom. The first-order valence-corrected chi connectivity index (χ1v) is 5.22. The first-order valence-electron chi connectivity index (χ1n) is 5.22. The summed E-state index contributed by atoms with van der Waals surface area (Å²) in [5.74, 6) is 0.702. The maximum Gasteiger partial charge on any atom is 0.453 e. The molecular formula is C11H17O3. The van der Waals surface area contributed by atoms with Crippen LogP contribution in [0.25, 0.3) is 0 Å². The summed E-state index contributed by atoms with van der Waals surface area (Å²) < 4.78 is 0. The topological polar surface area (TPSA) is 35.5 Å². The molecule has 3 unspecified atom stereocenters. The molecule has 2 saturated carbocycles. The molecule has 3 heteroatoms. The van der Waals surface area contributed by atoms with Crippen LogP contribution in [0.1, 0.15) is 40.0 Å². The average Bonchev–Trinajstić information content (AvgIpc) is 2.46. The molecule has 1 radical (unpaired) electrons. The molecule has 0 spiro atoms. The van der Waals surface area contributed by atoms with E-state index in [-0.39, 0.29) is 11.5 Å². The van der Waals surface area contributed by atoms with Gasteiger partial charge in [-0.25, -0.2) is 4.79 Å². The van der Waals surface area contributed by atoms with E-state index in [0.717, 1.165) is 12.8 Å². The molecule has 2 fully saturated rings. The highest BCUT2D eigenvalue weighted by Crippen LogP contribution is 2.66. The molecule has 3 atom stereocenters. The summed E-state index contributed by atoms with van der Waals surface area (Å²) >= 11 is 0. The fraction of sp³-hybridized carbons (Fsp3) is 0.909. The lowest BCUT2D eigenvalue weighted by atomic mass is 9.70. The van der Waals surface area contributed by atoms with Crippen molar-refractivity contribution in [3.05, 3.63) is 0 Å². The lowest BCUT2D eigenvalue weighted by Gasteiger charge is -2.37. The van der Waals surface area contributed by atoms with E-state index in [9.17, 15) is 4.79 Å². The molecule has 0 amide bonds. The lowest BCUT2D eigenvalue weighted by Crippen LogP contribution is -2.37. The molecule has 14 heavy (non-hydrogen) atoms. The number of carbonyl (C=O) groups excluding carboxylic acids is 1. The van der Waals surface area contributed by atoms with Crippen LogP contribution < -0.4 is 0 Å². The minimum absolute atomic E-state index is 0.0534. The highest BCUT2D eigenvalue weighted by Gasteiger charge is 2.62. The molecular weight excluding hydrogens is 180 g/mol. The zero-order chi connectivity index (χ0) is 10.4. The standard InChI is InChI=1S/C11H17O3/c1-10(2)8-4-5-11(10,3)9(6-8)14-13-7-12/h8-9H,4-6H2,1-3H3. The highest BCUT2D eigenvalue weighted by atomic mass is 17.2. The van der Waals surface area contributed by atoms with Gasteiger partial charge < -0.3 is 0 Å². The van der Waals surface area contributed by atoms with Crippen molar-refractivity contribution in [2.24, 2.45) is 16.7 Å². The van der Waals surface area contributed by atoms with Gasteiger partial charge in [0.1, 0.15) is 6.10 Å². The van der Waals surface area contributed by atoms with Gasteiger partial charge in [0.2, 0.25) is 0 Å². The lowest BCUT2D eigenvalue weighted by molar-refractivity contribution is -0.285. The van der Waals surface area contributed by atoms with Gasteiger partial charge in [-0.2, -0.15) is 4.89 Å². The summed E-state index contributed by atoms with van der Waals surface area (Å²) in [7, 11) is 0. The van der Waals surface area contributed by atoms with Gasteiger partial charge in [-0.15, -0.1) is 0 Å². The predicted octanol–water partition coefficient (Wildman–Crippen LogP) is 2.22. The third-order valence-electron chi connectivity index (χ3n) is 4.91. The smallest absolute Gasteiger partial charge is 0.285 e. The molecule has 0 saturated heterocycles. The monoisotopic (exact) mass is 197 g/mol. The van der Waals surface area contributed by atoms with Crippen LogP contribution in [0, 0.1) is 16.7 Å². The predicted molar refractivity (Wildman–Crippen MR) is 50.9 cm³/mol. The average molecular weight is 197 g/mol. The Morgan fingerprint density at radius 1 is 1.36 bits per heavy atom. The van der Waals surface area contributed by atoms with Gasteiger partial charge in [0.05, 0.1) is 0 Å². The zero-order valence-corrected chi connectivity index (χ0v) is 9.00. The second-order valence-electron chi connectivity index (χ2n) is 5.36. The van der Waals surface area contributed by atoms with E-state index in [1.165, 1.54) is 12.9 Å². The third kappa shape index (κ3) is 1.05. The highest BCUT2D eigenvalue weighted by molar-refractivity contribution is 5.36. The molecule has 2 rings (SSSR count). The zero-order valence-electron chi connectivity index (χ0n) is 9.00. The molecule has 2 aliphatic carbocycles. The van der Waals surface area contributed by atoms with Crippen molar-refractivity contribution < 1.29 is 14.6 Å². The number of fused-ring (bicyclic) bond motifs is 2. The van der Waals surface area contributed by atoms with E-state index in [2.05, 4.69) is 25.7 Å². The Balaban J connectivity index is 2.14. The maximum absolute atomic E-state index is 9.96. The normalized spacial score (nSPS) is 43.9. The van der Waals surface area contributed by atoms with Crippen molar-refractivity contribution in [1.29, 1.82) is 0 Å². The summed E-state index contributed by atoms with van der Waals surface area (Å²) in [4.78, 5) is 19.4. The van der Waals surface area contributed by atoms with Gasteiger partial charge in [0.25, 0.3) is 0 Å².